The number of hydrogen-bond donors (Lipinski definition) is 2. The summed E-state index contributed by atoms with van der Waals surface area (Å²) in [5.41, 5.74) is 6.87. The Hall–Kier alpha value is -0.860. The predicted molar refractivity (Wildman–Crippen MR) is 90.9 cm³/mol. The second kappa shape index (κ2) is 8.69. The van der Waals surface area contributed by atoms with Gasteiger partial charge in [-0.25, -0.2) is 4.98 Å². The van der Waals surface area contributed by atoms with Crippen LogP contribution in [0.2, 0.25) is 0 Å². The number of nitrogens with one attached hydrogen (secondary N) is 1. The molecule has 9 heteroatoms. The van der Waals surface area contributed by atoms with Gasteiger partial charge in [0.05, 0.1) is 18.3 Å². The Morgan fingerprint density at radius 3 is 2.91 bits per heavy atom. The van der Waals surface area contributed by atoms with Crippen molar-refractivity contribution in [1.29, 1.82) is 0 Å². The Morgan fingerprint density at radius 2 is 2.23 bits per heavy atom. The number of aromatic nitrogens is 2. The van der Waals surface area contributed by atoms with Crippen LogP contribution in [-0.4, -0.2) is 34.5 Å². The van der Waals surface area contributed by atoms with E-state index >= 15 is 0 Å². The fraction of sp³-hybridized carbons (Fsp3) is 0.538. The van der Waals surface area contributed by atoms with Gasteiger partial charge in [-0.1, -0.05) is 0 Å². The largest absolute Gasteiger partial charge is 0.381 e. The number of fused-ring (bicyclic) bond motifs is 1. The van der Waals surface area contributed by atoms with Gasteiger partial charge in [-0.15, -0.1) is 36.2 Å². The summed E-state index contributed by atoms with van der Waals surface area (Å²) in [4.78, 5) is 17.4. The monoisotopic (exact) mass is 366 g/mol. The molecule has 0 radical (unpaired) electrons. The normalized spacial score (nSPS) is 16.6. The number of carbonyl (C=O) groups is 1. The average molecular weight is 367 g/mol. The summed E-state index contributed by atoms with van der Waals surface area (Å²) in [5, 5.41) is 4.85. The molecule has 6 nitrogen and oxygen atoms in total. The first-order chi connectivity index (χ1) is 9.74. The zero-order chi connectivity index (χ0) is 13.9. The van der Waals surface area contributed by atoms with Gasteiger partial charge in [0.15, 0.2) is 4.96 Å². The first-order valence-corrected chi connectivity index (χ1v) is 7.64. The molecule has 1 fully saturated rings. The van der Waals surface area contributed by atoms with Crippen LogP contribution in [0.5, 0.6) is 0 Å². The van der Waals surface area contributed by atoms with Gasteiger partial charge in [-0.05, 0) is 18.8 Å². The third-order valence-corrected chi connectivity index (χ3v) is 4.43. The highest BCUT2D eigenvalue weighted by Crippen LogP contribution is 2.17. The van der Waals surface area contributed by atoms with Gasteiger partial charge in [-0.2, -0.15) is 0 Å². The number of amides is 1. The molecule has 1 atom stereocenters. The minimum Gasteiger partial charge on any atom is -0.381 e. The van der Waals surface area contributed by atoms with E-state index in [0.29, 0.717) is 19.8 Å². The van der Waals surface area contributed by atoms with Crippen molar-refractivity contribution in [3.63, 3.8) is 0 Å². The molecule has 124 valence electrons. The Morgan fingerprint density at radius 1 is 1.50 bits per heavy atom. The van der Waals surface area contributed by atoms with Gasteiger partial charge >= 0.3 is 0 Å². The fourth-order valence-electron chi connectivity index (χ4n) is 2.45. The van der Waals surface area contributed by atoms with Crippen LogP contribution in [0, 0.1) is 5.92 Å². The van der Waals surface area contributed by atoms with Crippen LogP contribution in [0.4, 0.5) is 0 Å². The summed E-state index contributed by atoms with van der Waals surface area (Å²) in [6, 6.07) is -0.456. The number of nitrogens with two attached hydrogens (primary N) is 1. The molecule has 0 aromatic carbocycles. The highest BCUT2D eigenvalue weighted by molar-refractivity contribution is 7.15. The second-order valence-electron chi connectivity index (χ2n) is 5.02. The molecule has 3 rings (SSSR count). The van der Waals surface area contributed by atoms with Crippen LogP contribution in [0.15, 0.2) is 17.8 Å². The molecule has 2 aromatic heterocycles. The SMILES string of the molecule is Cl.Cl.NC(C(=O)NCc1cn2ccsc2n1)C1CCOCC1. The number of ether oxygens (including phenoxy) is 1. The lowest BCUT2D eigenvalue weighted by Crippen LogP contribution is -2.46. The van der Waals surface area contributed by atoms with Gasteiger partial charge in [0.2, 0.25) is 5.91 Å². The molecular formula is C13H20Cl2N4O2S. The maximum Gasteiger partial charge on any atom is 0.237 e. The maximum absolute atomic E-state index is 12.1. The van der Waals surface area contributed by atoms with Crippen LogP contribution in [-0.2, 0) is 16.1 Å². The minimum absolute atomic E-state index is 0. The van der Waals surface area contributed by atoms with Crippen LogP contribution in [0.25, 0.3) is 4.96 Å². The van der Waals surface area contributed by atoms with Gasteiger partial charge in [-0.3, -0.25) is 9.20 Å². The Balaban J connectivity index is 0.00000121. The van der Waals surface area contributed by atoms with Crippen molar-refractivity contribution in [1.82, 2.24) is 14.7 Å². The number of halogens is 2. The lowest BCUT2D eigenvalue weighted by Gasteiger charge is -2.26. The van der Waals surface area contributed by atoms with E-state index in [1.165, 1.54) is 0 Å². The molecule has 22 heavy (non-hydrogen) atoms. The fourth-order valence-corrected chi connectivity index (χ4v) is 3.16. The van der Waals surface area contributed by atoms with Crippen molar-refractivity contribution in [2.75, 3.05) is 13.2 Å². The molecule has 1 amide bonds. The molecule has 3 heterocycles. The molecule has 2 aromatic rings. The first-order valence-electron chi connectivity index (χ1n) is 6.76. The van der Waals surface area contributed by atoms with Crippen molar-refractivity contribution in [2.45, 2.75) is 25.4 Å². The first kappa shape index (κ1) is 19.2. The molecule has 1 aliphatic rings. The van der Waals surface area contributed by atoms with Crippen LogP contribution in [0.1, 0.15) is 18.5 Å². The smallest absolute Gasteiger partial charge is 0.237 e. The van der Waals surface area contributed by atoms with E-state index in [9.17, 15) is 4.79 Å². The van der Waals surface area contributed by atoms with Crippen molar-refractivity contribution >= 4 is 47.0 Å². The summed E-state index contributed by atoms with van der Waals surface area (Å²) < 4.78 is 7.23. The van der Waals surface area contributed by atoms with E-state index in [-0.39, 0.29) is 36.6 Å². The lowest BCUT2D eigenvalue weighted by atomic mass is 9.92. The van der Waals surface area contributed by atoms with Crippen LogP contribution in [0.3, 0.4) is 0 Å². The maximum atomic E-state index is 12.1. The van der Waals surface area contributed by atoms with Gasteiger partial charge in [0.1, 0.15) is 0 Å². The summed E-state index contributed by atoms with van der Waals surface area (Å²) in [5.74, 6) is 0.113. The summed E-state index contributed by atoms with van der Waals surface area (Å²) in [7, 11) is 0. The summed E-state index contributed by atoms with van der Waals surface area (Å²) in [6.07, 6.45) is 5.59. The second-order valence-corrected chi connectivity index (χ2v) is 5.89. The Labute approximate surface area is 145 Å². The number of hydrogen-bond acceptors (Lipinski definition) is 5. The molecule has 1 aliphatic heterocycles. The summed E-state index contributed by atoms with van der Waals surface area (Å²) >= 11 is 1.57. The molecule has 3 N–H and O–H groups in total. The van der Waals surface area contributed by atoms with Crippen molar-refractivity contribution in [3.05, 3.63) is 23.5 Å². The molecule has 0 spiro atoms. The zero-order valence-electron chi connectivity index (χ0n) is 11.9. The third kappa shape index (κ3) is 4.33. The number of nitrogens with zero attached hydrogens (tertiary/aromatic N) is 2. The van der Waals surface area contributed by atoms with E-state index in [1.54, 1.807) is 11.3 Å². The molecule has 1 unspecified atom stereocenters. The van der Waals surface area contributed by atoms with E-state index in [1.807, 2.05) is 22.2 Å². The lowest BCUT2D eigenvalue weighted by molar-refractivity contribution is -0.124. The van der Waals surface area contributed by atoms with Crippen molar-refractivity contribution < 1.29 is 9.53 Å². The molecular weight excluding hydrogens is 347 g/mol. The van der Waals surface area contributed by atoms with Crippen molar-refractivity contribution in [2.24, 2.45) is 11.7 Å². The van der Waals surface area contributed by atoms with Gasteiger partial charge in [0, 0.05) is 31.0 Å². The molecule has 0 aliphatic carbocycles. The number of carbonyl (C=O) groups excluding carboxylic acids is 1. The minimum atomic E-state index is -0.456. The highest BCUT2D eigenvalue weighted by Gasteiger charge is 2.26. The van der Waals surface area contributed by atoms with Crippen molar-refractivity contribution in [3.8, 4) is 0 Å². The highest BCUT2D eigenvalue weighted by atomic mass is 35.5. The van der Waals surface area contributed by atoms with Gasteiger partial charge < -0.3 is 15.8 Å². The Bertz CT molecular complexity index is 569. The van der Waals surface area contributed by atoms with E-state index < -0.39 is 6.04 Å². The molecule has 1 saturated heterocycles. The average Bonchev–Trinajstić information content (AvgIpc) is 3.06. The van der Waals surface area contributed by atoms with E-state index in [4.69, 9.17) is 10.5 Å². The Kier molecular flexibility index (Phi) is 7.58. The quantitative estimate of drug-likeness (QED) is 0.860. The van der Waals surface area contributed by atoms with Crippen LogP contribution >= 0.6 is 36.2 Å². The standard InChI is InChI=1S/C13H18N4O2S.2ClH/c14-11(9-1-4-19-5-2-9)12(18)15-7-10-8-17-3-6-20-13(17)16-10;;/h3,6,8-9,11H,1-2,4-5,7,14H2,(H,15,18);2*1H. The van der Waals surface area contributed by atoms with E-state index in [0.717, 1.165) is 23.5 Å². The molecule has 0 bridgehead atoms. The predicted octanol–water partition coefficient (Wildman–Crippen LogP) is 1.61. The topological polar surface area (TPSA) is 81.7 Å². The number of imidazole rings is 1. The molecule has 0 saturated carbocycles. The summed E-state index contributed by atoms with van der Waals surface area (Å²) in [6.45, 7) is 1.82. The number of rotatable bonds is 4. The zero-order valence-corrected chi connectivity index (χ0v) is 14.4. The van der Waals surface area contributed by atoms with Gasteiger partial charge in [0.25, 0.3) is 0 Å². The number of thiazole rings is 1. The van der Waals surface area contributed by atoms with E-state index in [2.05, 4.69) is 10.3 Å². The third-order valence-electron chi connectivity index (χ3n) is 3.66. The van der Waals surface area contributed by atoms with Crippen LogP contribution < -0.4 is 11.1 Å².